The van der Waals surface area contributed by atoms with Crippen molar-refractivity contribution >= 4 is 39.0 Å². The number of carbonyl (C=O) groups is 2. The summed E-state index contributed by atoms with van der Waals surface area (Å²) in [6.07, 6.45) is 0. The van der Waals surface area contributed by atoms with Crippen LogP contribution in [0.5, 0.6) is 0 Å². The fraction of sp³-hybridized carbons (Fsp3) is 0.286. The lowest BCUT2D eigenvalue weighted by atomic mass is 10.0. The Kier molecular flexibility index (Phi) is 4.41. The number of nitrogens with zero attached hydrogens (tertiary/aromatic N) is 1. The van der Waals surface area contributed by atoms with E-state index in [1.807, 2.05) is 0 Å². The minimum atomic E-state index is -0.986. The van der Waals surface area contributed by atoms with Crippen LogP contribution in [0.2, 0.25) is 0 Å². The molecule has 22 heavy (non-hydrogen) atoms. The summed E-state index contributed by atoms with van der Waals surface area (Å²) in [4.78, 5) is 33.7. The van der Waals surface area contributed by atoms with Gasteiger partial charge < -0.3 is 10.4 Å². The van der Waals surface area contributed by atoms with Gasteiger partial charge in [0.15, 0.2) is 0 Å². The van der Waals surface area contributed by atoms with E-state index in [9.17, 15) is 19.7 Å². The zero-order valence-corrected chi connectivity index (χ0v) is 12.7. The van der Waals surface area contributed by atoms with Crippen molar-refractivity contribution in [2.45, 2.75) is 19.9 Å². The molecule has 2 atom stereocenters. The molecule has 2 rings (SSSR count). The molecule has 0 saturated heterocycles. The molecule has 1 aromatic carbocycles. The summed E-state index contributed by atoms with van der Waals surface area (Å²) in [5, 5.41) is 22.9. The van der Waals surface area contributed by atoms with Gasteiger partial charge >= 0.3 is 5.97 Å². The third-order valence-electron chi connectivity index (χ3n) is 3.43. The zero-order chi connectivity index (χ0) is 16.4. The van der Waals surface area contributed by atoms with Crippen molar-refractivity contribution in [2.24, 2.45) is 5.92 Å². The highest BCUT2D eigenvalue weighted by molar-refractivity contribution is 7.20. The van der Waals surface area contributed by atoms with Crippen molar-refractivity contribution in [1.82, 2.24) is 5.32 Å². The number of amides is 1. The maximum Gasteiger partial charge on any atom is 0.308 e. The number of nitrogens with one attached hydrogen (secondary N) is 1. The van der Waals surface area contributed by atoms with E-state index in [1.165, 1.54) is 30.4 Å². The Labute approximate surface area is 129 Å². The summed E-state index contributed by atoms with van der Waals surface area (Å²) in [5.74, 6) is -2.08. The number of carboxylic acids is 1. The number of fused-ring (bicyclic) bond motifs is 1. The van der Waals surface area contributed by atoms with Crippen molar-refractivity contribution in [3.8, 4) is 0 Å². The number of aliphatic carboxylic acids is 1. The van der Waals surface area contributed by atoms with Crippen molar-refractivity contribution in [3.05, 3.63) is 39.3 Å². The largest absolute Gasteiger partial charge is 0.481 e. The number of carboxylic acid groups (broad SMARTS) is 1. The molecule has 116 valence electrons. The van der Waals surface area contributed by atoms with Crippen LogP contribution >= 0.6 is 11.3 Å². The smallest absolute Gasteiger partial charge is 0.308 e. The number of hydrogen-bond donors (Lipinski definition) is 2. The molecule has 8 heteroatoms. The number of nitro groups is 1. The fourth-order valence-corrected chi connectivity index (χ4v) is 2.82. The Hall–Kier alpha value is -2.48. The third kappa shape index (κ3) is 3.22. The van der Waals surface area contributed by atoms with Crippen LogP contribution in [0.25, 0.3) is 10.1 Å². The molecule has 0 bridgehead atoms. The molecule has 0 fully saturated rings. The summed E-state index contributed by atoms with van der Waals surface area (Å²) in [6, 6.07) is 5.44. The van der Waals surface area contributed by atoms with Crippen LogP contribution in [0, 0.1) is 16.0 Å². The lowest BCUT2D eigenvalue weighted by Crippen LogP contribution is -2.39. The summed E-state index contributed by atoms with van der Waals surface area (Å²) in [7, 11) is 0. The molecule has 0 aliphatic heterocycles. The molecule has 1 amide bonds. The number of non-ortho nitro benzene ring substituents is 1. The molecule has 0 aliphatic rings. The molecule has 0 radical (unpaired) electrons. The molecule has 0 spiro atoms. The second kappa shape index (κ2) is 6.10. The first kappa shape index (κ1) is 15.9. The van der Waals surface area contributed by atoms with Gasteiger partial charge in [0.05, 0.1) is 15.7 Å². The second-order valence-corrected chi connectivity index (χ2v) is 6.06. The van der Waals surface area contributed by atoms with E-state index >= 15 is 0 Å². The van der Waals surface area contributed by atoms with Crippen LogP contribution in [-0.2, 0) is 4.79 Å². The molecular weight excluding hydrogens is 308 g/mol. The third-order valence-corrected chi connectivity index (χ3v) is 4.55. The monoisotopic (exact) mass is 322 g/mol. The van der Waals surface area contributed by atoms with Crippen molar-refractivity contribution in [3.63, 3.8) is 0 Å². The molecular formula is C14H14N2O5S. The first-order valence-electron chi connectivity index (χ1n) is 6.51. The lowest BCUT2D eigenvalue weighted by molar-refractivity contribution is -0.384. The second-order valence-electron chi connectivity index (χ2n) is 4.98. The van der Waals surface area contributed by atoms with Crippen molar-refractivity contribution in [2.75, 3.05) is 0 Å². The van der Waals surface area contributed by atoms with Gasteiger partial charge in [0.1, 0.15) is 0 Å². The Bertz CT molecular complexity index is 755. The van der Waals surface area contributed by atoms with Gasteiger partial charge in [0.25, 0.3) is 11.6 Å². The number of nitro benzene ring substituents is 1. The van der Waals surface area contributed by atoms with Crippen molar-refractivity contribution < 1.29 is 19.6 Å². The highest BCUT2D eigenvalue weighted by Crippen LogP contribution is 2.29. The maximum atomic E-state index is 12.1. The Morgan fingerprint density at radius 2 is 2.00 bits per heavy atom. The minimum Gasteiger partial charge on any atom is -0.481 e. The maximum absolute atomic E-state index is 12.1. The van der Waals surface area contributed by atoms with Gasteiger partial charge in [-0.2, -0.15) is 0 Å². The van der Waals surface area contributed by atoms with Gasteiger partial charge in [0, 0.05) is 28.3 Å². The SMILES string of the molecule is CC(NC(=O)c1cc2cc([N+](=O)[O-])ccc2s1)C(C)C(=O)O. The number of benzene rings is 1. The van der Waals surface area contributed by atoms with Crippen molar-refractivity contribution in [1.29, 1.82) is 0 Å². The van der Waals surface area contributed by atoms with Crippen LogP contribution in [0.3, 0.4) is 0 Å². The summed E-state index contributed by atoms with van der Waals surface area (Å²) >= 11 is 1.21. The van der Waals surface area contributed by atoms with Gasteiger partial charge in [-0.1, -0.05) is 0 Å². The molecule has 1 heterocycles. The van der Waals surface area contributed by atoms with Gasteiger partial charge in [-0.3, -0.25) is 19.7 Å². The fourth-order valence-electron chi connectivity index (χ4n) is 1.87. The van der Waals surface area contributed by atoms with E-state index in [1.54, 1.807) is 19.1 Å². The summed E-state index contributed by atoms with van der Waals surface area (Å²) in [5.41, 5.74) is -0.0369. The average Bonchev–Trinajstić information content (AvgIpc) is 2.88. The zero-order valence-electron chi connectivity index (χ0n) is 11.9. The molecule has 2 N–H and O–H groups in total. The van der Waals surface area contributed by atoms with E-state index in [-0.39, 0.29) is 11.6 Å². The Balaban J connectivity index is 2.22. The Morgan fingerprint density at radius 1 is 1.32 bits per heavy atom. The quantitative estimate of drug-likeness (QED) is 0.649. The summed E-state index contributed by atoms with van der Waals surface area (Å²) < 4.78 is 0.759. The molecule has 7 nitrogen and oxygen atoms in total. The van der Waals surface area contributed by atoms with Gasteiger partial charge in [0.2, 0.25) is 0 Å². The van der Waals surface area contributed by atoms with E-state index < -0.39 is 22.9 Å². The number of thiophene rings is 1. The molecule has 1 aromatic heterocycles. The molecule has 0 aliphatic carbocycles. The normalized spacial score (nSPS) is 13.5. The lowest BCUT2D eigenvalue weighted by Gasteiger charge is -2.16. The van der Waals surface area contributed by atoms with E-state index in [2.05, 4.69) is 5.32 Å². The molecule has 0 saturated carbocycles. The van der Waals surface area contributed by atoms with Gasteiger partial charge in [-0.25, -0.2) is 0 Å². The average molecular weight is 322 g/mol. The number of hydrogen-bond acceptors (Lipinski definition) is 5. The standard InChI is InChI=1S/C14H14N2O5S/c1-7(14(18)19)8(2)15-13(17)12-6-9-5-10(16(20)21)3-4-11(9)22-12/h3-8H,1-2H3,(H,15,17)(H,18,19). The van der Waals surface area contributed by atoms with Crippen LogP contribution in [0.1, 0.15) is 23.5 Å². The van der Waals surface area contributed by atoms with E-state index in [0.29, 0.717) is 10.3 Å². The topological polar surface area (TPSA) is 110 Å². The predicted molar refractivity (Wildman–Crippen MR) is 82.2 cm³/mol. The predicted octanol–water partition coefficient (Wildman–Crippen LogP) is 2.65. The Morgan fingerprint density at radius 3 is 2.59 bits per heavy atom. The first-order chi connectivity index (χ1) is 10.3. The van der Waals surface area contributed by atoms with Crippen LogP contribution in [0.15, 0.2) is 24.3 Å². The van der Waals surface area contributed by atoms with E-state index in [0.717, 1.165) is 4.70 Å². The number of rotatable bonds is 5. The highest BCUT2D eigenvalue weighted by atomic mass is 32.1. The number of carbonyl (C=O) groups excluding carboxylic acids is 1. The van der Waals surface area contributed by atoms with Crippen LogP contribution < -0.4 is 5.32 Å². The van der Waals surface area contributed by atoms with Crippen LogP contribution in [-0.4, -0.2) is 27.9 Å². The first-order valence-corrected chi connectivity index (χ1v) is 7.33. The molecule has 2 unspecified atom stereocenters. The summed E-state index contributed by atoms with van der Waals surface area (Å²) in [6.45, 7) is 3.14. The minimum absolute atomic E-state index is 0.0369. The van der Waals surface area contributed by atoms with Crippen LogP contribution in [0.4, 0.5) is 5.69 Å². The highest BCUT2D eigenvalue weighted by Gasteiger charge is 2.22. The van der Waals surface area contributed by atoms with Gasteiger partial charge in [-0.05, 0) is 26.0 Å². The molecule has 2 aromatic rings. The van der Waals surface area contributed by atoms with E-state index in [4.69, 9.17) is 5.11 Å². The van der Waals surface area contributed by atoms with Gasteiger partial charge in [-0.15, -0.1) is 11.3 Å².